The maximum absolute atomic E-state index is 12.0. The van der Waals surface area contributed by atoms with Crippen LogP contribution in [0.15, 0.2) is 90.3 Å². The molecular formula is C32H35ClN3O11+. The second kappa shape index (κ2) is 18.8. The molecule has 15 heteroatoms. The fourth-order valence-electron chi connectivity index (χ4n) is 4.31. The van der Waals surface area contributed by atoms with Crippen LogP contribution >= 0.6 is 11.6 Å². The molecule has 2 aromatic carbocycles. The average Bonchev–Trinajstić information content (AvgIpc) is 3.07. The topological polar surface area (TPSA) is 196 Å². The molecule has 0 saturated carbocycles. The summed E-state index contributed by atoms with van der Waals surface area (Å²) in [4.78, 5) is 54.2. The quantitative estimate of drug-likeness (QED) is 0.0682. The number of carboxylic acids is 2. The van der Waals surface area contributed by atoms with Crippen molar-refractivity contribution in [3.63, 3.8) is 0 Å². The van der Waals surface area contributed by atoms with Crippen LogP contribution in [0.3, 0.4) is 0 Å². The number of halogens is 1. The van der Waals surface area contributed by atoms with Crippen molar-refractivity contribution in [1.82, 2.24) is 4.90 Å². The lowest BCUT2D eigenvalue weighted by Gasteiger charge is -2.27. The molecule has 47 heavy (non-hydrogen) atoms. The van der Waals surface area contributed by atoms with E-state index in [1.165, 1.54) is 80.2 Å². The number of esters is 2. The van der Waals surface area contributed by atoms with E-state index in [0.717, 1.165) is 17.8 Å². The smallest absolute Gasteiger partial charge is 0.349 e. The van der Waals surface area contributed by atoms with Crippen LogP contribution in [0.4, 0.5) is 0 Å². The van der Waals surface area contributed by atoms with Gasteiger partial charge in [-0.25, -0.2) is 19.2 Å². The Morgan fingerprint density at radius 1 is 0.787 bits per heavy atom. The zero-order valence-electron chi connectivity index (χ0n) is 25.1. The highest BCUT2D eigenvalue weighted by Gasteiger charge is 2.41. The van der Waals surface area contributed by atoms with Crippen LogP contribution in [0, 0.1) is 0 Å². The minimum Gasteiger partial charge on any atom is -0.478 e. The van der Waals surface area contributed by atoms with Gasteiger partial charge in [0.25, 0.3) is 0 Å². The summed E-state index contributed by atoms with van der Waals surface area (Å²) in [5, 5.41) is 41.5. The Hall–Kier alpha value is -5.05. The molecule has 4 rings (SSSR count). The summed E-state index contributed by atoms with van der Waals surface area (Å²) in [6, 6.07) is 18.2. The van der Waals surface area contributed by atoms with E-state index < -0.39 is 42.2 Å². The van der Waals surface area contributed by atoms with Gasteiger partial charge in [0.2, 0.25) is 24.6 Å². The lowest BCUT2D eigenvalue weighted by Crippen LogP contribution is -2.45. The molecule has 0 amide bonds. The van der Waals surface area contributed by atoms with Gasteiger partial charge in [-0.2, -0.15) is 0 Å². The Bertz CT molecular complexity index is 1430. The Morgan fingerprint density at radius 2 is 1.28 bits per heavy atom. The van der Waals surface area contributed by atoms with E-state index in [1.54, 1.807) is 24.3 Å². The average molecular weight is 673 g/mol. The van der Waals surface area contributed by atoms with Gasteiger partial charge >= 0.3 is 23.9 Å². The molecule has 14 nitrogen and oxygen atoms in total. The number of aliphatic hydroxyl groups excluding tert-OH is 1. The predicted octanol–water partition coefficient (Wildman–Crippen LogP) is 2.58. The largest absolute Gasteiger partial charge is 0.478 e. The fourth-order valence-corrected chi connectivity index (χ4v) is 4.47. The number of aliphatic hydroxyl groups is 1. The molecular weight excluding hydrogens is 638 g/mol. The highest BCUT2D eigenvalue weighted by atomic mass is 35.5. The Balaban J connectivity index is 0.000000261. The number of likely N-dealkylation sites (tertiary alicyclic amines) is 1. The molecule has 3 atom stereocenters. The standard InChI is InChI=1S/C18H14O8.C14H21ClN3O3/c19-15(20)13(25-17(23)11-7-3-1-4-8-11)14(16(21)22)26-18(24)12-9-5-2-6-10-12;15-14(12-5-4-8-18(20)9-12)16-21-11-13(19)10-17-6-2-1-3-7-17/h1-10,13-14H,(H,19,20)(H,21,22);4-5,8-9,13,19-20H,1-3,6-7,10-11H2/q;+1/b;16-14-/t13-,14-;13-/m11/s1. The lowest BCUT2D eigenvalue weighted by atomic mass is 10.1. The molecule has 0 bridgehead atoms. The van der Waals surface area contributed by atoms with Crippen molar-refractivity contribution in [1.29, 1.82) is 0 Å². The number of β-amino-alcohol motifs (C(OH)–C–C–N with tert-alkyl or cyclic N) is 1. The molecule has 1 fully saturated rings. The SMILES string of the molecule is O=C(O[C@@H](C(=O)O)[C@@H](OC(=O)c1ccccc1)C(=O)O)c1ccccc1.O[C@@H](CO/N=C(\Cl)c1ccc[n+](O)c1)CN1CCCCC1. The first kappa shape index (κ1) is 36.4. The molecule has 0 radical (unpaired) electrons. The third-order valence-corrected chi connectivity index (χ3v) is 6.89. The van der Waals surface area contributed by atoms with Crippen LogP contribution in [-0.2, 0) is 23.9 Å². The van der Waals surface area contributed by atoms with Gasteiger partial charge in [-0.05, 0) is 56.3 Å². The molecule has 1 saturated heterocycles. The number of hydrogen-bond acceptors (Lipinski definition) is 11. The molecule has 4 N–H and O–H groups in total. The van der Waals surface area contributed by atoms with Crippen molar-refractivity contribution < 1.29 is 58.7 Å². The van der Waals surface area contributed by atoms with Crippen molar-refractivity contribution in [3.05, 3.63) is 102 Å². The third-order valence-electron chi connectivity index (χ3n) is 6.60. The summed E-state index contributed by atoms with van der Waals surface area (Å²) in [6.07, 6.45) is 1.51. The number of oxime groups is 1. The van der Waals surface area contributed by atoms with Crippen LogP contribution in [0.5, 0.6) is 0 Å². The molecule has 1 aliphatic rings. The van der Waals surface area contributed by atoms with Crippen LogP contribution in [0.1, 0.15) is 45.5 Å². The first-order valence-corrected chi connectivity index (χ1v) is 14.9. The molecule has 3 aromatic rings. The number of rotatable bonds is 13. The van der Waals surface area contributed by atoms with E-state index in [9.17, 15) is 39.7 Å². The van der Waals surface area contributed by atoms with Crippen molar-refractivity contribution in [2.75, 3.05) is 26.2 Å². The van der Waals surface area contributed by atoms with E-state index in [1.807, 2.05) is 0 Å². The number of carbonyl (C=O) groups excluding carboxylic acids is 2. The highest BCUT2D eigenvalue weighted by molar-refractivity contribution is 6.69. The Morgan fingerprint density at radius 3 is 1.74 bits per heavy atom. The summed E-state index contributed by atoms with van der Waals surface area (Å²) in [6.45, 7) is 2.75. The van der Waals surface area contributed by atoms with E-state index in [2.05, 4.69) is 10.1 Å². The minimum atomic E-state index is -2.21. The number of benzene rings is 2. The third kappa shape index (κ3) is 12.3. The molecule has 2 heterocycles. The fraction of sp³-hybridized carbons (Fsp3) is 0.312. The van der Waals surface area contributed by atoms with Crippen molar-refractivity contribution in [2.45, 2.75) is 37.6 Å². The van der Waals surface area contributed by atoms with Gasteiger partial charge in [-0.15, -0.1) is 0 Å². The second-order valence-electron chi connectivity index (χ2n) is 10.2. The van der Waals surface area contributed by atoms with Gasteiger partial charge in [0.1, 0.15) is 12.7 Å². The van der Waals surface area contributed by atoms with Gasteiger partial charge in [0.05, 0.1) is 16.7 Å². The summed E-state index contributed by atoms with van der Waals surface area (Å²) in [5.41, 5.74) is 0.585. The van der Waals surface area contributed by atoms with Gasteiger partial charge in [0, 0.05) is 17.3 Å². The lowest BCUT2D eigenvalue weighted by molar-refractivity contribution is -0.904. The Labute approximate surface area is 274 Å². The first-order chi connectivity index (χ1) is 22.5. The number of hydrogen-bond donors (Lipinski definition) is 4. The predicted molar refractivity (Wildman–Crippen MR) is 165 cm³/mol. The molecule has 0 spiro atoms. The monoisotopic (exact) mass is 672 g/mol. The van der Waals surface area contributed by atoms with Crippen molar-refractivity contribution in [3.8, 4) is 0 Å². The zero-order valence-corrected chi connectivity index (χ0v) is 25.9. The number of nitrogens with zero attached hydrogens (tertiary/aromatic N) is 3. The van der Waals surface area contributed by atoms with Crippen LogP contribution in [-0.4, -0.2) is 99.0 Å². The minimum absolute atomic E-state index is 0.0253. The molecule has 250 valence electrons. The van der Waals surface area contributed by atoms with Gasteiger partial charge in [0.15, 0.2) is 5.17 Å². The highest BCUT2D eigenvalue weighted by Crippen LogP contribution is 2.14. The number of aromatic nitrogens is 1. The van der Waals surface area contributed by atoms with E-state index >= 15 is 0 Å². The van der Waals surface area contributed by atoms with Gasteiger partial charge < -0.3 is 34.5 Å². The van der Waals surface area contributed by atoms with Gasteiger partial charge in [-0.1, -0.05) is 59.6 Å². The maximum atomic E-state index is 12.0. The molecule has 0 unspecified atom stereocenters. The van der Waals surface area contributed by atoms with Crippen molar-refractivity contribution in [2.24, 2.45) is 5.16 Å². The molecule has 0 aliphatic carbocycles. The number of piperidine rings is 1. The van der Waals surface area contributed by atoms with E-state index in [0.29, 0.717) is 12.1 Å². The van der Waals surface area contributed by atoms with Crippen molar-refractivity contribution >= 4 is 40.6 Å². The maximum Gasteiger partial charge on any atom is 0.349 e. The summed E-state index contributed by atoms with van der Waals surface area (Å²) in [7, 11) is 0. The van der Waals surface area contributed by atoms with E-state index in [-0.39, 0.29) is 22.9 Å². The first-order valence-electron chi connectivity index (χ1n) is 14.5. The van der Waals surface area contributed by atoms with Gasteiger partial charge in [-0.3, -0.25) is 5.21 Å². The summed E-state index contributed by atoms with van der Waals surface area (Å²) in [5.74, 6) is -5.63. The summed E-state index contributed by atoms with van der Waals surface area (Å²) >= 11 is 5.96. The molecule has 1 aliphatic heterocycles. The van der Waals surface area contributed by atoms with Crippen LogP contribution in [0.2, 0.25) is 0 Å². The summed E-state index contributed by atoms with van der Waals surface area (Å²) < 4.78 is 10.4. The second-order valence-corrected chi connectivity index (χ2v) is 10.6. The molecule has 1 aromatic heterocycles. The number of aliphatic carboxylic acids is 2. The van der Waals surface area contributed by atoms with Crippen LogP contribution < -0.4 is 4.73 Å². The normalized spacial score (nSPS) is 15.1. The van der Waals surface area contributed by atoms with E-state index in [4.69, 9.17) is 25.9 Å². The van der Waals surface area contributed by atoms with Crippen LogP contribution in [0.25, 0.3) is 0 Å². The number of pyridine rings is 1. The number of ether oxygens (including phenoxy) is 2. The number of carboxylic acid groups (broad SMARTS) is 2. The zero-order chi connectivity index (χ0) is 34.2. The number of carbonyl (C=O) groups is 4. The Kier molecular flexibility index (Phi) is 14.6.